The van der Waals surface area contributed by atoms with E-state index in [2.05, 4.69) is 4.74 Å². The standard InChI is InChI=1S/C5H4O5/c6-3-2(4(7)8)1-10-5(3)9/h6H,1H2,(H,7,8). The summed E-state index contributed by atoms with van der Waals surface area (Å²) in [5.74, 6) is -3.10. The summed E-state index contributed by atoms with van der Waals surface area (Å²) in [4.78, 5) is 20.4. The number of aliphatic hydroxyl groups is 1. The molecule has 1 rings (SSSR count). The van der Waals surface area contributed by atoms with Gasteiger partial charge in [-0.05, 0) is 0 Å². The van der Waals surface area contributed by atoms with Crippen molar-refractivity contribution in [1.29, 1.82) is 0 Å². The molecule has 0 amide bonds. The molecule has 0 aromatic rings. The van der Waals surface area contributed by atoms with Gasteiger partial charge in [-0.1, -0.05) is 0 Å². The van der Waals surface area contributed by atoms with Crippen molar-refractivity contribution in [2.24, 2.45) is 0 Å². The Labute approximate surface area is 55.5 Å². The Bertz CT molecular complexity index is 226. The highest BCUT2D eigenvalue weighted by molar-refractivity contribution is 6.00. The van der Waals surface area contributed by atoms with Gasteiger partial charge in [-0.3, -0.25) is 0 Å². The average Bonchev–Trinajstić information content (AvgIpc) is 2.14. The molecule has 2 N–H and O–H groups in total. The van der Waals surface area contributed by atoms with Gasteiger partial charge in [-0.2, -0.15) is 0 Å². The Morgan fingerprint density at radius 1 is 1.60 bits per heavy atom. The van der Waals surface area contributed by atoms with E-state index >= 15 is 0 Å². The first kappa shape index (κ1) is 6.60. The summed E-state index contributed by atoms with van der Waals surface area (Å²) >= 11 is 0. The fourth-order valence-corrected chi connectivity index (χ4v) is 0.561. The predicted octanol–water partition coefficient (Wildman–Crippen LogP) is -0.560. The molecular formula is C5H4O5. The molecule has 0 bridgehead atoms. The van der Waals surface area contributed by atoms with Gasteiger partial charge in [0.25, 0.3) is 0 Å². The van der Waals surface area contributed by atoms with Gasteiger partial charge in [0.2, 0.25) is 5.76 Å². The van der Waals surface area contributed by atoms with E-state index in [0.29, 0.717) is 0 Å². The zero-order valence-electron chi connectivity index (χ0n) is 4.83. The van der Waals surface area contributed by atoms with Gasteiger partial charge in [-0.25, -0.2) is 9.59 Å². The zero-order valence-corrected chi connectivity index (χ0v) is 4.83. The van der Waals surface area contributed by atoms with Crippen molar-refractivity contribution in [3.8, 4) is 0 Å². The number of carbonyl (C=O) groups excluding carboxylic acids is 1. The Balaban J connectivity index is 2.96. The molecule has 1 heterocycles. The fourth-order valence-electron chi connectivity index (χ4n) is 0.561. The Hall–Kier alpha value is -1.52. The Morgan fingerprint density at radius 3 is 2.40 bits per heavy atom. The van der Waals surface area contributed by atoms with Crippen LogP contribution in [-0.4, -0.2) is 28.8 Å². The number of aliphatic hydroxyl groups excluding tert-OH is 1. The second kappa shape index (κ2) is 2.02. The lowest BCUT2D eigenvalue weighted by Crippen LogP contribution is -2.03. The van der Waals surface area contributed by atoms with Crippen LogP contribution in [0.3, 0.4) is 0 Å². The van der Waals surface area contributed by atoms with E-state index in [0.717, 1.165) is 0 Å². The first-order valence-electron chi connectivity index (χ1n) is 2.45. The molecule has 5 heteroatoms. The van der Waals surface area contributed by atoms with E-state index in [4.69, 9.17) is 10.2 Å². The van der Waals surface area contributed by atoms with E-state index < -0.39 is 17.7 Å². The average molecular weight is 144 g/mol. The van der Waals surface area contributed by atoms with Crippen LogP contribution < -0.4 is 0 Å². The molecule has 0 aromatic carbocycles. The minimum atomic E-state index is -1.33. The molecule has 5 nitrogen and oxygen atoms in total. The number of rotatable bonds is 1. The lowest BCUT2D eigenvalue weighted by Gasteiger charge is -1.87. The number of aliphatic carboxylic acids is 1. The van der Waals surface area contributed by atoms with Crippen LogP contribution in [0.4, 0.5) is 0 Å². The van der Waals surface area contributed by atoms with E-state index in [1.54, 1.807) is 0 Å². The topological polar surface area (TPSA) is 83.8 Å². The number of carbonyl (C=O) groups is 2. The molecule has 0 atom stereocenters. The van der Waals surface area contributed by atoms with Crippen molar-refractivity contribution in [3.63, 3.8) is 0 Å². The summed E-state index contributed by atoms with van der Waals surface area (Å²) in [6, 6.07) is 0. The van der Waals surface area contributed by atoms with Gasteiger partial charge in [0.15, 0.2) is 0 Å². The molecule has 0 aromatic heterocycles. The second-order valence-electron chi connectivity index (χ2n) is 1.71. The van der Waals surface area contributed by atoms with E-state index in [-0.39, 0.29) is 12.2 Å². The number of ether oxygens (including phenoxy) is 1. The van der Waals surface area contributed by atoms with Gasteiger partial charge in [0.1, 0.15) is 12.2 Å². The number of hydrogen-bond donors (Lipinski definition) is 2. The molecular weight excluding hydrogens is 140 g/mol. The molecule has 0 radical (unpaired) electrons. The SMILES string of the molecule is O=C(O)C1=C(O)C(=O)OC1. The third kappa shape index (κ3) is 0.812. The molecule has 1 aliphatic heterocycles. The molecule has 0 fully saturated rings. The van der Waals surface area contributed by atoms with E-state index in [1.165, 1.54) is 0 Å². The monoisotopic (exact) mass is 144 g/mol. The quantitative estimate of drug-likeness (QED) is 0.482. The first-order valence-corrected chi connectivity index (χ1v) is 2.45. The van der Waals surface area contributed by atoms with Gasteiger partial charge < -0.3 is 14.9 Å². The Kier molecular flexibility index (Phi) is 1.33. The first-order chi connectivity index (χ1) is 4.63. The van der Waals surface area contributed by atoms with Crippen molar-refractivity contribution < 1.29 is 24.5 Å². The summed E-state index contributed by atoms with van der Waals surface area (Å²) in [7, 11) is 0. The molecule has 10 heavy (non-hydrogen) atoms. The van der Waals surface area contributed by atoms with Crippen LogP contribution in [0.5, 0.6) is 0 Å². The number of carboxylic acids is 1. The van der Waals surface area contributed by atoms with E-state index in [1.807, 2.05) is 0 Å². The summed E-state index contributed by atoms with van der Waals surface area (Å²) in [6.45, 7) is -0.347. The Morgan fingerprint density at radius 2 is 2.20 bits per heavy atom. The molecule has 0 aliphatic carbocycles. The van der Waals surface area contributed by atoms with Crippen LogP contribution in [0.1, 0.15) is 0 Å². The summed E-state index contributed by atoms with van der Waals surface area (Å²) in [5.41, 5.74) is -0.384. The molecule has 0 saturated carbocycles. The molecule has 54 valence electrons. The molecule has 0 spiro atoms. The summed E-state index contributed by atoms with van der Waals surface area (Å²) in [6.07, 6.45) is 0. The maximum Gasteiger partial charge on any atom is 0.374 e. The maximum absolute atomic E-state index is 10.3. The number of esters is 1. The van der Waals surface area contributed by atoms with E-state index in [9.17, 15) is 9.59 Å². The highest BCUT2D eigenvalue weighted by Gasteiger charge is 2.28. The molecule has 1 aliphatic rings. The molecule has 0 unspecified atom stereocenters. The van der Waals surface area contributed by atoms with Crippen LogP contribution in [0, 0.1) is 0 Å². The van der Waals surface area contributed by atoms with Crippen LogP contribution in [-0.2, 0) is 14.3 Å². The number of carboxylic acid groups (broad SMARTS) is 1. The largest absolute Gasteiger partial charge is 0.501 e. The smallest absolute Gasteiger partial charge is 0.374 e. The van der Waals surface area contributed by atoms with Gasteiger partial charge in [0, 0.05) is 0 Å². The summed E-state index contributed by atoms with van der Waals surface area (Å²) < 4.78 is 4.20. The van der Waals surface area contributed by atoms with Gasteiger partial charge >= 0.3 is 11.9 Å². The maximum atomic E-state index is 10.3. The van der Waals surface area contributed by atoms with Crippen molar-refractivity contribution in [2.45, 2.75) is 0 Å². The molecule has 0 saturated heterocycles. The van der Waals surface area contributed by atoms with Crippen LogP contribution in [0.25, 0.3) is 0 Å². The van der Waals surface area contributed by atoms with Crippen molar-refractivity contribution in [2.75, 3.05) is 6.61 Å². The third-order valence-electron chi connectivity index (χ3n) is 1.08. The summed E-state index contributed by atoms with van der Waals surface area (Å²) in [5, 5.41) is 16.9. The zero-order chi connectivity index (χ0) is 7.72. The normalized spacial score (nSPS) is 17.4. The van der Waals surface area contributed by atoms with Crippen LogP contribution in [0.2, 0.25) is 0 Å². The van der Waals surface area contributed by atoms with Crippen molar-refractivity contribution >= 4 is 11.9 Å². The minimum absolute atomic E-state index is 0.347. The number of hydrogen-bond acceptors (Lipinski definition) is 4. The highest BCUT2D eigenvalue weighted by Crippen LogP contribution is 2.12. The van der Waals surface area contributed by atoms with Gasteiger partial charge in [0.05, 0.1) is 0 Å². The highest BCUT2D eigenvalue weighted by atomic mass is 16.6. The van der Waals surface area contributed by atoms with Crippen molar-refractivity contribution in [1.82, 2.24) is 0 Å². The van der Waals surface area contributed by atoms with Crippen LogP contribution in [0.15, 0.2) is 11.3 Å². The third-order valence-corrected chi connectivity index (χ3v) is 1.08. The lowest BCUT2D eigenvalue weighted by molar-refractivity contribution is -0.138. The predicted molar refractivity (Wildman–Crippen MR) is 28.2 cm³/mol. The fraction of sp³-hybridized carbons (Fsp3) is 0.200. The minimum Gasteiger partial charge on any atom is -0.501 e. The second-order valence-corrected chi connectivity index (χ2v) is 1.71. The van der Waals surface area contributed by atoms with Crippen LogP contribution >= 0.6 is 0 Å². The number of cyclic esters (lactones) is 1. The van der Waals surface area contributed by atoms with Gasteiger partial charge in [-0.15, -0.1) is 0 Å². The lowest BCUT2D eigenvalue weighted by atomic mass is 10.3. The van der Waals surface area contributed by atoms with Crippen molar-refractivity contribution in [3.05, 3.63) is 11.3 Å².